The molecular formula is C21H26FN5O2. The fourth-order valence-electron chi connectivity index (χ4n) is 3.12. The van der Waals surface area contributed by atoms with Crippen LogP contribution in [0.3, 0.4) is 0 Å². The summed E-state index contributed by atoms with van der Waals surface area (Å²) in [6.07, 6.45) is 3.33. The molecular weight excluding hydrogens is 373 g/mol. The third-order valence-corrected chi connectivity index (χ3v) is 4.95. The van der Waals surface area contributed by atoms with Crippen molar-refractivity contribution in [1.29, 1.82) is 0 Å². The number of benzene rings is 1. The van der Waals surface area contributed by atoms with Gasteiger partial charge in [-0.15, -0.1) is 0 Å². The number of nitrogens with zero attached hydrogens (tertiary/aromatic N) is 3. The lowest BCUT2D eigenvalue weighted by atomic mass is 10.0. The van der Waals surface area contributed by atoms with Crippen molar-refractivity contribution in [2.75, 3.05) is 25.1 Å². The van der Waals surface area contributed by atoms with Gasteiger partial charge in [0, 0.05) is 25.4 Å². The van der Waals surface area contributed by atoms with Crippen LogP contribution >= 0.6 is 0 Å². The Morgan fingerprint density at radius 1 is 1.28 bits per heavy atom. The van der Waals surface area contributed by atoms with Gasteiger partial charge in [0.05, 0.1) is 5.69 Å². The number of carbonyl (C=O) groups is 1. The molecule has 1 fully saturated rings. The van der Waals surface area contributed by atoms with Gasteiger partial charge < -0.3 is 15.4 Å². The van der Waals surface area contributed by atoms with Crippen molar-refractivity contribution in [3.8, 4) is 0 Å². The lowest BCUT2D eigenvalue weighted by molar-refractivity contribution is -0.115. The average Bonchev–Trinajstić information content (AvgIpc) is 2.71. The zero-order valence-corrected chi connectivity index (χ0v) is 17.0. The maximum Gasteiger partial charge on any atom is 0.265 e. The van der Waals surface area contributed by atoms with Gasteiger partial charge in [-0.3, -0.25) is 4.79 Å². The van der Waals surface area contributed by atoms with Crippen molar-refractivity contribution in [2.45, 2.75) is 33.6 Å². The normalized spacial score (nSPS) is 15.2. The minimum absolute atomic E-state index is 0.219. The molecule has 1 amide bonds. The number of anilines is 2. The Morgan fingerprint density at radius 2 is 2.03 bits per heavy atom. The molecule has 1 aromatic heterocycles. The van der Waals surface area contributed by atoms with Crippen molar-refractivity contribution < 1.29 is 13.9 Å². The first-order valence-electron chi connectivity index (χ1n) is 9.70. The van der Waals surface area contributed by atoms with Gasteiger partial charge in [-0.1, -0.05) is 0 Å². The molecule has 1 aliphatic heterocycles. The second-order valence-electron chi connectivity index (χ2n) is 7.20. The minimum atomic E-state index is -0.304. The van der Waals surface area contributed by atoms with Gasteiger partial charge in [0.1, 0.15) is 23.5 Å². The molecule has 1 aromatic carbocycles. The lowest BCUT2D eigenvalue weighted by Crippen LogP contribution is -2.35. The number of aromatic nitrogens is 2. The predicted octanol–water partition coefficient (Wildman–Crippen LogP) is 3.61. The molecule has 2 aromatic rings. The Morgan fingerprint density at radius 3 is 2.76 bits per heavy atom. The highest BCUT2D eigenvalue weighted by atomic mass is 19.1. The maximum absolute atomic E-state index is 13.4. The molecule has 0 aliphatic carbocycles. The summed E-state index contributed by atoms with van der Waals surface area (Å²) < 4.78 is 18.7. The van der Waals surface area contributed by atoms with E-state index in [4.69, 9.17) is 4.74 Å². The van der Waals surface area contributed by atoms with Crippen molar-refractivity contribution >= 4 is 28.8 Å². The van der Waals surface area contributed by atoms with Crippen LogP contribution in [0.5, 0.6) is 0 Å². The molecule has 154 valence electrons. The smallest absolute Gasteiger partial charge is 0.265 e. The summed E-state index contributed by atoms with van der Waals surface area (Å²) in [5, 5.41) is 6.11. The Hall–Kier alpha value is -2.87. The summed E-state index contributed by atoms with van der Waals surface area (Å²) in [6, 6.07) is 4.46. The van der Waals surface area contributed by atoms with Gasteiger partial charge in [-0.25, -0.2) is 19.4 Å². The van der Waals surface area contributed by atoms with Crippen molar-refractivity contribution in [3.05, 3.63) is 41.6 Å². The highest BCUT2D eigenvalue weighted by molar-refractivity contribution is 6.38. The monoisotopic (exact) mass is 399 g/mol. The summed E-state index contributed by atoms with van der Waals surface area (Å²) in [5.41, 5.74) is 2.90. The number of aliphatic imine (C=N–C) groups is 1. The first-order chi connectivity index (χ1) is 13.9. The second kappa shape index (κ2) is 9.56. The van der Waals surface area contributed by atoms with Gasteiger partial charge in [0.15, 0.2) is 5.82 Å². The van der Waals surface area contributed by atoms with E-state index in [1.54, 1.807) is 26.8 Å². The van der Waals surface area contributed by atoms with E-state index >= 15 is 0 Å². The number of carbonyl (C=O) groups excluding carboxylic acids is 1. The Bertz CT molecular complexity index is 910. The first kappa shape index (κ1) is 20.9. The molecule has 0 spiro atoms. The molecule has 0 radical (unpaired) electrons. The Labute approximate surface area is 169 Å². The van der Waals surface area contributed by atoms with Crippen LogP contribution in [0.15, 0.2) is 29.5 Å². The van der Waals surface area contributed by atoms with E-state index in [9.17, 15) is 9.18 Å². The molecule has 1 aliphatic rings. The van der Waals surface area contributed by atoms with E-state index in [2.05, 4.69) is 25.6 Å². The molecule has 0 unspecified atom stereocenters. The number of halogens is 1. The molecule has 7 nitrogen and oxygen atoms in total. The van der Waals surface area contributed by atoms with E-state index < -0.39 is 0 Å². The number of hydrogen-bond acceptors (Lipinski definition) is 6. The number of hydrogen-bond donors (Lipinski definition) is 2. The van der Waals surface area contributed by atoms with Crippen LogP contribution < -0.4 is 10.6 Å². The van der Waals surface area contributed by atoms with Crippen LogP contribution in [-0.4, -0.2) is 41.3 Å². The van der Waals surface area contributed by atoms with E-state index in [-0.39, 0.29) is 11.7 Å². The van der Waals surface area contributed by atoms with Gasteiger partial charge in [-0.05, 0) is 63.3 Å². The van der Waals surface area contributed by atoms with E-state index in [1.807, 2.05) is 0 Å². The molecule has 0 bridgehead atoms. The maximum atomic E-state index is 13.4. The number of aryl methyl sites for hydroxylation is 2. The molecule has 0 atom stereocenters. The summed E-state index contributed by atoms with van der Waals surface area (Å²) in [7, 11) is 0. The quantitative estimate of drug-likeness (QED) is 0.725. The van der Waals surface area contributed by atoms with E-state index in [0.29, 0.717) is 41.1 Å². The highest BCUT2D eigenvalue weighted by Gasteiger charge is 2.17. The van der Waals surface area contributed by atoms with Gasteiger partial charge in [0.25, 0.3) is 5.91 Å². The second-order valence-corrected chi connectivity index (χ2v) is 7.20. The van der Waals surface area contributed by atoms with Crippen molar-refractivity contribution in [1.82, 2.24) is 15.3 Å². The highest BCUT2D eigenvalue weighted by Crippen LogP contribution is 2.29. The van der Waals surface area contributed by atoms with Crippen LogP contribution in [0.4, 0.5) is 21.6 Å². The van der Waals surface area contributed by atoms with Crippen LogP contribution in [0.1, 0.15) is 31.0 Å². The van der Waals surface area contributed by atoms with Crippen LogP contribution in [0.25, 0.3) is 0 Å². The zero-order valence-electron chi connectivity index (χ0n) is 17.0. The third kappa shape index (κ3) is 5.57. The van der Waals surface area contributed by atoms with Crippen molar-refractivity contribution in [2.24, 2.45) is 10.9 Å². The Balaban J connectivity index is 1.75. The standard InChI is InChI=1S/C21H26FN5O2/c1-13-10-17(22)4-5-18(13)27-20-19(14(2)24-12-25-20)26-15(3)21(28)23-11-16-6-8-29-9-7-16/h4-5,10,12,16H,6-9,11H2,1-3H3,(H,23,28)(H,24,25,27)/b26-15+. The summed E-state index contributed by atoms with van der Waals surface area (Å²) >= 11 is 0. The molecule has 2 N–H and O–H groups in total. The largest absolute Gasteiger partial charge is 0.381 e. The summed E-state index contributed by atoms with van der Waals surface area (Å²) in [6.45, 7) is 7.36. The fraction of sp³-hybridized carbons (Fsp3) is 0.429. The molecule has 0 saturated carbocycles. The van der Waals surface area contributed by atoms with Gasteiger partial charge >= 0.3 is 0 Å². The number of amides is 1. The predicted molar refractivity (Wildman–Crippen MR) is 111 cm³/mol. The van der Waals surface area contributed by atoms with Crippen LogP contribution in [-0.2, 0) is 9.53 Å². The van der Waals surface area contributed by atoms with Crippen LogP contribution in [0.2, 0.25) is 0 Å². The number of ether oxygens (including phenoxy) is 1. The fourth-order valence-corrected chi connectivity index (χ4v) is 3.12. The van der Waals surface area contributed by atoms with Crippen LogP contribution in [0, 0.1) is 25.6 Å². The number of rotatable bonds is 6. The first-order valence-corrected chi connectivity index (χ1v) is 9.70. The molecule has 29 heavy (non-hydrogen) atoms. The molecule has 3 rings (SSSR count). The summed E-state index contributed by atoms with van der Waals surface area (Å²) in [5.74, 6) is 0.371. The van der Waals surface area contributed by atoms with Crippen molar-refractivity contribution in [3.63, 3.8) is 0 Å². The minimum Gasteiger partial charge on any atom is -0.381 e. The third-order valence-electron chi connectivity index (χ3n) is 4.95. The lowest BCUT2D eigenvalue weighted by Gasteiger charge is -2.22. The van der Waals surface area contributed by atoms with E-state index in [0.717, 1.165) is 31.6 Å². The Kier molecular flexibility index (Phi) is 6.87. The van der Waals surface area contributed by atoms with Gasteiger partial charge in [-0.2, -0.15) is 0 Å². The topological polar surface area (TPSA) is 88.5 Å². The number of nitrogens with one attached hydrogen (secondary N) is 2. The summed E-state index contributed by atoms with van der Waals surface area (Å²) in [4.78, 5) is 25.4. The average molecular weight is 399 g/mol. The van der Waals surface area contributed by atoms with Gasteiger partial charge in [0.2, 0.25) is 0 Å². The zero-order chi connectivity index (χ0) is 20.8. The molecule has 8 heteroatoms. The molecule has 1 saturated heterocycles. The molecule has 2 heterocycles. The SMILES string of the molecule is C/C(=N\c1c(C)ncnc1Nc1ccc(F)cc1C)C(=O)NCC1CCOCC1. The van der Waals surface area contributed by atoms with E-state index in [1.165, 1.54) is 18.5 Å².